The van der Waals surface area contributed by atoms with E-state index < -0.39 is 0 Å². The molecule has 0 radical (unpaired) electrons. The lowest BCUT2D eigenvalue weighted by atomic mass is 9.97. The number of aromatic nitrogens is 3. The van der Waals surface area contributed by atoms with Gasteiger partial charge in [-0.15, -0.1) is 11.3 Å². The molecule has 7 nitrogen and oxygen atoms in total. The van der Waals surface area contributed by atoms with Crippen LogP contribution in [0.3, 0.4) is 0 Å². The molecule has 3 aromatic rings. The summed E-state index contributed by atoms with van der Waals surface area (Å²) < 4.78 is 10.9. The normalized spacial score (nSPS) is 17.6. The summed E-state index contributed by atoms with van der Waals surface area (Å²) in [4.78, 5) is 23.4. The van der Waals surface area contributed by atoms with Gasteiger partial charge in [0.25, 0.3) is 0 Å². The van der Waals surface area contributed by atoms with E-state index in [2.05, 4.69) is 15.1 Å². The van der Waals surface area contributed by atoms with Gasteiger partial charge < -0.3 is 13.8 Å². The van der Waals surface area contributed by atoms with E-state index in [0.29, 0.717) is 24.7 Å². The predicted molar refractivity (Wildman–Crippen MR) is 95.8 cm³/mol. The zero-order valence-corrected chi connectivity index (χ0v) is 15.6. The van der Waals surface area contributed by atoms with Crippen LogP contribution < -0.4 is 0 Å². The summed E-state index contributed by atoms with van der Waals surface area (Å²) in [7, 11) is 0. The van der Waals surface area contributed by atoms with Crippen molar-refractivity contribution in [2.24, 2.45) is 0 Å². The van der Waals surface area contributed by atoms with Crippen LogP contribution in [0, 0.1) is 13.8 Å². The lowest BCUT2D eigenvalue weighted by Gasteiger charge is -2.30. The molecular formula is C18H20N4O3S. The first-order chi connectivity index (χ1) is 12.6. The molecule has 1 aliphatic rings. The third kappa shape index (κ3) is 3.55. The fourth-order valence-corrected chi connectivity index (χ4v) is 3.98. The number of nitrogens with zero attached hydrogens (tertiary/aromatic N) is 4. The van der Waals surface area contributed by atoms with Gasteiger partial charge in [0.15, 0.2) is 16.6 Å². The van der Waals surface area contributed by atoms with Crippen LogP contribution in [-0.4, -0.2) is 39.0 Å². The Morgan fingerprint density at radius 1 is 1.35 bits per heavy atom. The highest BCUT2D eigenvalue weighted by atomic mass is 32.1. The molecule has 1 atom stereocenters. The second kappa shape index (κ2) is 7.03. The second-order valence-electron chi connectivity index (χ2n) is 6.59. The molecule has 1 unspecified atom stereocenters. The Hall–Kier alpha value is -2.48. The molecule has 1 aliphatic heterocycles. The molecule has 0 aromatic carbocycles. The minimum Gasteiger partial charge on any atom is -0.459 e. The van der Waals surface area contributed by atoms with Crippen LogP contribution in [-0.2, 0) is 11.2 Å². The highest BCUT2D eigenvalue weighted by Gasteiger charge is 2.28. The summed E-state index contributed by atoms with van der Waals surface area (Å²) in [5, 5.41) is 6.58. The van der Waals surface area contributed by atoms with E-state index in [1.54, 1.807) is 6.92 Å². The SMILES string of the molecule is Cc1noc(C2CCCN(C(=O)Cc3csc(-c4ccc(C)o4)n3)C2)n1. The molecule has 1 saturated heterocycles. The molecule has 0 saturated carbocycles. The van der Waals surface area contributed by atoms with Crippen LogP contribution in [0.25, 0.3) is 10.8 Å². The topological polar surface area (TPSA) is 85.3 Å². The van der Waals surface area contributed by atoms with Crippen LogP contribution in [0.15, 0.2) is 26.5 Å². The van der Waals surface area contributed by atoms with E-state index in [-0.39, 0.29) is 11.8 Å². The third-order valence-electron chi connectivity index (χ3n) is 4.50. The number of likely N-dealkylation sites (tertiary alicyclic amines) is 1. The highest BCUT2D eigenvalue weighted by molar-refractivity contribution is 7.13. The molecule has 4 rings (SSSR count). The molecule has 0 N–H and O–H groups in total. The van der Waals surface area contributed by atoms with Crippen LogP contribution in [0.4, 0.5) is 0 Å². The van der Waals surface area contributed by atoms with Crippen molar-refractivity contribution in [3.05, 3.63) is 40.7 Å². The lowest BCUT2D eigenvalue weighted by molar-refractivity contribution is -0.131. The predicted octanol–water partition coefficient (Wildman–Crippen LogP) is 3.35. The van der Waals surface area contributed by atoms with Crippen molar-refractivity contribution < 1.29 is 13.7 Å². The first kappa shape index (κ1) is 17.0. The largest absolute Gasteiger partial charge is 0.459 e. The number of hydrogen-bond acceptors (Lipinski definition) is 7. The molecule has 26 heavy (non-hydrogen) atoms. The Morgan fingerprint density at radius 2 is 2.23 bits per heavy atom. The van der Waals surface area contributed by atoms with Crippen LogP contribution in [0.5, 0.6) is 0 Å². The summed E-state index contributed by atoms with van der Waals surface area (Å²) in [6, 6.07) is 3.82. The van der Waals surface area contributed by atoms with E-state index in [9.17, 15) is 4.79 Å². The van der Waals surface area contributed by atoms with Gasteiger partial charge in [0, 0.05) is 18.5 Å². The van der Waals surface area contributed by atoms with Gasteiger partial charge in [-0.05, 0) is 38.8 Å². The molecule has 0 aliphatic carbocycles. The van der Waals surface area contributed by atoms with E-state index in [4.69, 9.17) is 8.94 Å². The van der Waals surface area contributed by atoms with Crippen molar-refractivity contribution >= 4 is 17.2 Å². The summed E-state index contributed by atoms with van der Waals surface area (Å²) in [6.45, 7) is 5.09. The van der Waals surface area contributed by atoms with Crippen molar-refractivity contribution in [1.82, 2.24) is 20.0 Å². The molecule has 0 spiro atoms. The average molecular weight is 372 g/mol. The van der Waals surface area contributed by atoms with Crippen LogP contribution in [0.1, 0.15) is 41.9 Å². The quantitative estimate of drug-likeness (QED) is 0.698. The number of thiazole rings is 1. The number of aryl methyl sites for hydroxylation is 2. The smallest absolute Gasteiger partial charge is 0.231 e. The zero-order chi connectivity index (χ0) is 18.1. The van der Waals surface area contributed by atoms with Gasteiger partial charge in [-0.3, -0.25) is 4.79 Å². The fraction of sp³-hybridized carbons (Fsp3) is 0.444. The molecular weight excluding hydrogens is 352 g/mol. The van der Waals surface area contributed by atoms with Crippen LogP contribution >= 0.6 is 11.3 Å². The number of piperidine rings is 1. The van der Waals surface area contributed by atoms with E-state index in [1.807, 2.05) is 29.3 Å². The number of amides is 1. The molecule has 136 valence electrons. The summed E-state index contributed by atoms with van der Waals surface area (Å²) in [6.07, 6.45) is 2.20. The molecule has 1 amide bonds. The summed E-state index contributed by atoms with van der Waals surface area (Å²) >= 11 is 1.50. The first-order valence-corrected chi connectivity index (χ1v) is 9.55. The standard InChI is InChI=1S/C18H20N4O3S/c1-11-5-6-15(24-11)18-20-14(10-26-18)8-16(23)22-7-3-4-13(9-22)17-19-12(2)21-25-17/h5-6,10,13H,3-4,7-9H2,1-2H3. The van der Waals surface area contributed by atoms with Gasteiger partial charge in [0.2, 0.25) is 11.8 Å². The van der Waals surface area contributed by atoms with E-state index in [1.165, 1.54) is 11.3 Å². The zero-order valence-electron chi connectivity index (χ0n) is 14.8. The van der Waals surface area contributed by atoms with Crippen LogP contribution in [0.2, 0.25) is 0 Å². The Bertz CT molecular complexity index is 913. The lowest BCUT2D eigenvalue weighted by Crippen LogP contribution is -2.40. The third-order valence-corrected chi connectivity index (χ3v) is 5.41. The average Bonchev–Trinajstić information content (AvgIpc) is 3.36. The maximum absolute atomic E-state index is 12.7. The minimum atomic E-state index is 0.0819. The van der Waals surface area contributed by atoms with Gasteiger partial charge in [0.1, 0.15) is 5.76 Å². The van der Waals surface area contributed by atoms with E-state index in [0.717, 1.165) is 41.6 Å². The molecule has 3 aromatic heterocycles. The Kier molecular flexibility index (Phi) is 4.58. The fourth-order valence-electron chi connectivity index (χ4n) is 3.20. The number of carbonyl (C=O) groups excluding carboxylic acids is 1. The van der Waals surface area contributed by atoms with Crippen molar-refractivity contribution in [3.63, 3.8) is 0 Å². The number of rotatable bonds is 4. The molecule has 8 heteroatoms. The van der Waals surface area contributed by atoms with Gasteiger partial charge in [-0.25, -0.2) is 4.98 Å². The maximum atomic E-state index is 12.7. The van der Waals surface area contributed by atoms with Gasteiger partial charge in [-0.1, -0.05) is 5.16 Å². The summed E-state index contributed by atoms with van der Waals surface area (Å²) in [5.41, 5.74) is 0.778. The van der Waals surface area contributed by atoms with Gasteiger partial charge >= 0.3 is 0 Å². The first-order valence-electron chi connectivity index (χ1n) is 8.67. The number of furan rings is 1. The molecule has 4 heterocycles. The van der Waals surface area contributed by atoms with Crippen molar-refractivity contribution in [1.29, 1.82) is 0 Å². The Balaban J connectivity index is 1.41. The second-order valence-corrected chi connectivity index (χ2v) is 7.45. The monoisotopic (exact) mass is 372 g/mol. The maximum Gasteiger partial charge on any atom is 0.231 e. The van der Waals surface area contributed by atoms with Crippen molar-refractivity contribution in [3.8, 4) is 10.8 Å². The number of hydrogen-bond donors (Lipinski definition) is 0. The minimum absolute atomic E-state index is 0.0819. The highest BCUT2D eigenvalue weighted by Crippen LogP contribution is 2.28. The van der Waals surface area contributed by atoms with E-state index >= 15 is 0 Å². The Morgan fingerprint density at radius 3 is 2.96 bits per heavy atom. The molecule has 1 fully saturated rings. The van der Waals surface area contributed by atoms with Gasteiger partial charge in [0.05, 0.1) is 18.0 Å². The summed E-state index contributed by atoms with van der Waals surface area (Å²) in [5.74, 6) is 3.06. The number of carbonyl (C=O) groups is 1. The molecule has 0 bridgehead atoms. The van der Waals surface area contributed by atoms with Crippen molar-refractivity contribution in [2.75, 3.05) is 13.1 Å². The Labute approximate surface area is 155 Å². The van der Waals surface area contributed by atoms with Crippen molar-refractivity contribution in [2.45, 2.75) is 39.0 Å². The van der Waals surface area contributed by atoms with Gasteiger partial charge in [-0.2, -0.15) is 4.98 Å².